The predicted octanol–water partition coefficient (Wildman–Crippen LogP) is 0.560. The first kappa shape index (κ1) is 8.72. The van der Waals surface area contributed by atoms with Crippen molar-refractivity contribution >= 4 is 5.91 Å². The van der Waals surface area contributed by atoms with E-state index in [1.807, 2.05) is 0 Å². The van der Waals surface area contributed by atoms with Crippen molar-refractivity contribution in [2.45, 2.75) is 19.3 Å². The molecule has 2 aliphatic heterocycles. The van der Waals surface area contributed by atoms with E-state index in [4.69, 9.17) is 0 Å². The molecule has 0 radical (unpaired) electrons. The molecule has 3 nitrogen and oxygen atoms in total. The number of carbonyl (C=O) groups excluding carboxylic acids is 1. The Hall–Kier alpha value is -0.570. The van der Waals surface area contributed by atoms with Gasteiger partial charge in [0.1, 0.15) is 0 Å². The maximum atomic E-state index is 11.8. The van der Waals surface area contributed by atoms with Crippen molar-refractivity contribution in [3.63, 3.8) is 0 Å². The third-order valence-corrected chi connectivity index (χ3v) is 3.89. The van der Waals surface area contributed by atoms with Crippen LogP contribution in [0.4, 0.5) is 0 Å². The van der Waals surface area contributed by atoms with Gasteiger partial charge in [-0.2, -0.15) is 0 Å². The summed E-state index contributed by atoms with van der Waals surface area (Å²) < 4.78 is 0. The normalized spacial score (nSPS) is 30.8. The van der Waals surface area contributed by atoms with Gasteiger partial charge in [-0.15, -0.1) is 0 Å². The number of hydrogen-bond donors (Lipinski definition) is 0. The zero-order chi connectivity index (χ0) is 9.76. The summed E-state index contributed by atoms with van der Waals surface area (Å²) >= 11 is 0. The number of amides is 1. The molecule has 0 N–H and O–H groups in total. The molecule has 78 valence electrons. The highest BCUT2D eigenvalue weighted by atomic mass is 16.2. The van der Waals surface area contributed by atoms with Crippen molar-refractivity contribution in [1.82, 2.24) is 9.80 Å². The zero-order valence-corrected chi connectivity index (χ0v) is 8.83. The van der Waals surface area contributed by atoms with Gasteiger partial charge in [-0.25, -0.2) is 0 Å². The summed E-state index contributed by atoms with van der Waals surface area (Å²) in [7, 11) is 2.16. The third-order valence-electron chi connectivity index (χ3n) is 3.89. The average molecular weight is 194 g/mol. The quantitative estimate of drug-likeness (QED) is 0.609. The van der Waals surface area contributed by atoms with E-state index in [9.17, 15) is 4.79 Å². The molecule has 0 unspecified atom stereocenters. The van der Waals surface area contributed by atoms with Crippen LogP contribution in [-0.4, -0.2) is 48.9 Å². The second kappa shape index (κ2) is 2.72. The smallest absolute Gasteiger partial charge is 0.225 e. The fraction of sp³-hybridized carbons (Fsp3) is 0.909. The highest BCUT2D eigenvalue weighted by Crippen LogP contribution is 2.41. The summed E-state index contributed by atoms with van der Waals surface area (Å²) in [4.78, 5) is 16.3. The van der Waals surface area contributed by atoms with Gasteiger partial charge in [-0.1, -0.05) is 0 Å². The van der Waals surface area contributed by atoms with Gasteiger partial charge in [0, 0.05) is 37.5 Å². The Morgan fingerprint density at radius 3 is 2.57 bits per heavy atom. The number of likely N-dealkylation sites (tertiary alicyclic amines) is 2. The van der Waals surface area contributed by atoms with E-state index in [2.05, 4.69) is 16.8 Å². The monoisotopic (exact) mass is 194 g/mol. The minimum absolute atomic E-state index is 0.406. The minimum atomic E-state index is 0.406. The molecule has 2 heterocycles. The van der Waals surface area contributed by atoms with Gasteiger partial charge in [0.05, 0.1) is 0 Å². The summed E-state index contributed by atoms with van der Waals surface area (Å²) in [6.45, 7) is 4.44. The molecule has 3 fully saturated rings. The number of hydrogen-bond acceptors (Lipinski definition) is 2. The van der Waals surface area contributed by atoms with E-state index in [-0.39, 0.29) is 0 Å². The zero-order valence-electron chi connectivity index (χ0n) is 8.83. The van der Waals surface area contributed by atoms with Crippen LogP contribution in [0.15, 0.2) is 0 Å². The van der Waals surface area contributed by atoms with Crippen molar-refractivity contribution in [3.05, 3.63) is 0 Å². The van der Waals surface area contributed by atoms with Crippen LogP contribution in [0.1, 0.15) is 19.3 Å². The van der Waals surface area contributed by atoms with Gasteiger partial charge in [0.25, 0.3) is 0 Å². The molecule has 3 aliphatic rings. The van der Waals surface area contributed by atoms with Crippen LogP contribution in [0, 0.1) is 11.3 Å². The highest BCUT2D eigenvalue weighted by molar-refractivity contribution is 5.81. The van der Waals surface area contributed by atoms with E-state index in [0.717, 1.165) is 25.9 Å². The maximum Gasteiger partial charge on any atom is 0.225 e. The molecule has 1 aliphatic carbocycles. The van der Waals surface area contributed by atoms with E-state index >= 15 is 0 Å². The highest BCUT2D eigenvalue weighted by Gasteiger charge is 2.48. The van der Waals surface area contributed by atoms with Crippen LogP contribution in [0.2, 0.25) is 0 Å². The van der Waals surface area contributed by atoms with Crippen LogP contribution >= 0.6 is 0 Å². The third kappa shape index (κ3) is 1.26. The molecule has 3 rings (SSSR count). The molecule has 3 heteroatoms. The molecular formula is C11H18N2O. The van der Waals surface area contributed by atoms with Crippen molar-refractivity contribution in [2.75, 3.05) is 33.2 Å². The molecule has 0 aromatic heterocycles. The van der Waals surface area contributed by atoms with E-state index < -0.39 is 0 Å². The summed E-state index contributed by atoms with van der Waals surface area (Å²) in [5, 5.41) is 0. The molecule has 2 saturated heterocycles. The number of carbonyl (C=O) groups is 1. The van der Waals surface area contributed by atoms with E-state index in [1.165, 1.54) is 19.5 Å². The molecule has 1 spiro atoms. The minimum Gasteiger partial charge on any atom is -0.342 e. The fourth-order valence-electron chi connectivity index (χ4n) is 3.07. The predicted molar refractivity (Wildman–Crippen MR) is 53.9 cm³/mol. The van der Waals surface area contributed by atoms with Crippen molar-refractivity contribution in [2.24, 2.45) is 11.3 Å². The second-order valence-electron chi connectivity index (χ2n) is 5.46. The van der Waals surface area contributed by atoms with Gasteiger partial charge >= 0.3 is 0 Å². The molecule has 1 amide bonds. The summed E-state index contributed by atoms with van der Waals surface area (Å²) in [5.41, 5.74) is 0.485. The molecule has 0 aromatic rings. The summed E-state index contributed by atoms with van der Waals surface area (Å²) in [6, 6.07) is 0. The molecule has 0 atom stereocenters. The first-order valence-corrected chi connectivity index (χ1v) is 5.66. The van der Waals surface area contributed by atoms with Crippen LogP contribution in [-0.2, 0) is 4.79 Å². The number of rotatable bonds is 1. The molecule has 1 saturated carbocycles. The molecule has 14 heavy (non-hydrogen) atoms. The Bertz CT molecular complexity index is 266. The van der Waals surface area contributed by atoms with Crippen LogP contribution in [0.25, 0.3) is 0 Å². The Balaban J connectivity index is 1.61. The average Bonchev–Trinajstić information content (AvgIpc) is 2.85. The van der Waals surface area contributed by atoms with Crippen molar-refractivity contribution in [3.8, 4) is 0 Å². The lowest BCUT2D eigenvalue weighted by molar-refractivity contribution is -0.132. The summed E-state index contributed by atoms with van der Waals surface area (Å²) in [6.07, 6.45) is 3.51. The van der Waals surface area contributed by atoms with Gasteiger partial charge in [0.2, 0.25) is 5.91 Å². The molecule has 0 bridgehead atoms. The first-order valence-electron chi connectivity index (χ1n) is 5.66. The lowest BCUT2D eigenvalue weighted by Gasteiger charge is -2.46. The van der Waals surface area contributed by atoms with Gasteiger partial charge in [-0.05, 0) is 26.3 Å². The lowest BCUT2D eigenvalue weighted by Crippen LogP contribution is -2.55. The Morgan fingerprint density at radius 2 is 2.00 bits per heavy atom. The largest absolute Gasteiger partial charge is 0.342 e. The van der Waals surface area contributed by atoms with Crippen LogP contribution in [0.3, 0.4) is 0 Å². The van der Waals surface area contributed by atoms with Crippen molar-refractivity contribution < 1.29 is 4.79 Å². The number of nitrogens with zero attached hydrogens (tertiary/aromatic N) is 2. The first-order chi connectivity index (χ1) is 6.69. The Morgan fingerprint density at radius 1 is 1.29 bits per heavy atom. The Labute approximate surface area is 85.1 Å². The SMILES string of the molecule is CN1CC2(CCN(C(=O)C3CC3)C2)C1. The fourth-order valence-corrected chi connectivity index (χ4v) is 3.07. The standard InChI is InChI=1S/C11H18N2O/c1-12-6-11(7-12)4-5-13(8-11)10(14)9-2-3-9/h9H,2-8H2,1H3. The molecular weight excluding hydrogens is 176 g/mol. The second-order valence-corrected chi connectivity index (χ2v) is 5.46. The van der Waals surface area contributed by atoms with Gasteiger partial charge in [-0.3, -0.25) is 4.79 Å². The maximum absolute atomic E-state index is 11.8. The van der Waals surface area contributed by atoms with Gasteiger partial charge < -0.3 is 9.80 Å². The lowest BCUT2D eigenvalue weighted by atomic mass is 9.79. The van der Waals surface area contributed by atoms with E-state index in [0.29, 0.717) is 17.2 Å². The van der Waals surface area contributed by atoms with Crippen LogP contribution < -0.4 is 0 Å². The van der Waals surface area contributed by atoms with E-state index in [1.54, 1.807) is 0 Å². The van der Waals surface area contributed by atoms with Gasteiger partial charge in [0.15, 0.2) is 0 Å². The van der Waals surface area contributed by atoms with Crippen LogP contribution in [0.5, 0.6) is 0 Å². The topological polar surface area (TPSA) is 23.6 Å². The summed E-state index contributed by atoms with van der Waals surface area (Å²) in [5.74, 6) is 0.847. The molecule has 0 aromatic carbocycles. The Kier molecular flexibility index (Phi) is 1.69. The van der Waals surface area contributed by atoms with Crippen molar-refractivity contribution in [1.29, 1.82) is 0 Å².